The Morgan fingerprint density at radius 2 is 2.00 bits per heavy atom. The summed E-state index contributed by atoms with van der Waals surface area (Å²) in [5.74, 6) is 0. The number of thiophene rings is 1. The molecule has 0 radical (unpaired) electrons. The Kier molecular flexibility index (Phi) is 5.99. The average molecular weight is 296 g/mol. The van der Waals surface area contributed by atoms with Gasteiger partial charge in [-0.3, -0.25) is 9.80 Å². The highest BCUT2D eigenvalue weighted by Crippen LogP contribution is 2.26. The molecule has 1 fully saturated rings. The molecule has 0 bridgehead atoms. The summed E-state index contributed by atoms with van der Waals surface area (Å²) in [6, 6.07) is 2.77. The van der Waals surface area contributed by atoms with Gasteiger partial charge < -0.3 is 10.6 Å². The minimum absolute atomic E-state index is 0.179. The summed E-state index contributed by atoms with van der Waals surface area (Å²) in [6.45, 7) is 8.98. The van der Waals surface area contributed by atoms with E-state index in [1.807, 2.05) is 0 Å². The molecule has 0 saturated carbocycles. The summed E-state index contributed by atoms with van der Waals surface area (Å²) in [5, 5.41) is 4.39. The van der Waals surface area contributed by atoms with Gasteiger partial charge in [0, 0.05) is 45.3 Å². The molecule has 2 unspecified atom stereocenters. The summed E-state index contributed by atoms with van der Waals surface area (Å²) in [5.41, 5.74) is 7.62. The van der Waals surface area contributed by atoms with E-state index in [-0.39, 0.29) is 6.04 Å². The number of likely N-dealkylation sites (N-methyl/N-ethyl adjacent to an activating group) is 1. The quantitative estimate of drug-likeness (QED) is 0.859. The maximum Gasteiger partial charge on any atom is 0.0505 e. The SMILES string of the molecule is CC(N)C(c1ccsc1)N1CCN(CCN(C)C)CC1. The van der Waals surface area contributed by atoms with E-state index in [1.54, 1.807) is 11.3 Å². The van der Waals surface area contributed by atoms with E-state index >= 15 is 0 Å². The van der Waals surface area contributed by atoms with E-state index in [2.05, 4.69) is 52.5 Å². The van der Waals surface area contributed by atoms with Gasteiger partial charge in [0.2, 0.25) is 0 Å². The zero-order valence-electron chi connectivity index (χ0n) is 13.0. The van der Waals surface area contributed by atoms with Gasteiger partial charge in [-0.2, -0.15) is 11.3 Å². The zero-order chi connectivity index (χ0) is 14.5. The molecular formula is C15H28N4S. The van der Waals surface area contributed by atoms with Crippen molar-refractivity contribution in [1.82, 2.24) is 14.7 Å². The summed E-state index contributed by atoms with van der Waals surface area (Å²) in [4.78, 5) is 7.36. The van der Waals surface area contributed by atoms with Crippen LogP contribution in [0.1, 0.15) is 18.5 Å². The van der Waals surface area contributed by atoms with Gasteiger partial charge in [0.25, 0.3) is 0 Å². The highest BCUT2D eigenvalue weighted by molar-refractivity contribution is 7.07. The first-order chi connectivity index (χ1) is 9.58. The van der Waals surface area contributed by atoms with Crippen molar-refractivity contribution in [2.45, 2.75) is 19.0 Å². The van der Waals surface area contributed by atoms with Crippen LogP contribution in [0.15, 0.2) is 16.8 Å². The number of rotatable bonds is 6. The van der Waals surface area contributed by atoms with Crippen LogP contribution in [0.3, 0.4) is 0 Å². The third-order valence-corrected chi connectivity index (χ3v) is 4.75. The van der Waals surface area contributed by atoms with Crippen molar-refractivity contribution in [1.29, 1.82) is 0 Å². The summed E-state index contributed by atoms with van der Waals surface area (Å²) >= 11 is 1.76. The average Bonchev–Trinajstić information content (AvgIpc) is 2.91. The molecule has 5 heteroatoms. The molecule has 1 saturated heterocycles. The van der Waals surface area contributed by atoms with E-state index in [4.69, 9.17) is 5.73 Å². The monoisotopic (exact) mass is 296 g/mol. The maximum absolute atomic E-state index is 6.23. The molecule has 2 heterocycles. The van der Waals surface area contributed by atoms with Crippen LogP contribution < -0.4 is 5.73 Å². The topological polar surface area (TPSA) is 35.7 Å². The van der Waals surface area contributed by atoms with Crippen LogP contribution >= 0.6 is 11.3 Å². The minimum Gasteiger partial charge on any atom is -0.326 e. The lowest BCUT2D eigenvalue weighted by molar-refractivity contribution is 0.0832. The molecule has 0 amide bonds. The van der Waals surface area contributed by atoms with E-state index < -0.39 is 0 Å². The number of hydrogen-bond acceptors (Lipinski definition) is 5. The normalized spacial score (nSPS) is 21.2. The van der Waals surface area contributed by atoms with Crippen molar-refractivity contribution >= 4 is 11.3 Å². The second-order valence-electron chi connectivity index (χ2n) is 6.04. The van der Waals surface area contributed by atoms with Gasteiger partial charge in [-0.1, -0.05) is 0 Å². The first kappa shape index (κ1) is 15.9. The van der Waals surface area contributed by atoms with Crippen LogP contribution in [0.5, 0.6) is 0 Å². The summed E-state index contributed by atoms with van der Waals surface area (Å²) in [7, 11) is 4.28. The first-order valence-electron chi connectivity index (χ1n) is 7.46. The largest absolute Gasteiger partial charge is 0.326 e. The van der Waals surface area contributed by atoms with Crippen LogP contribution in [0.25, 0.3) is 0 Å². The molecule has 0 aliphatic carbocycles. The maximum atomic E-state index is 6.23. The third-order valence-electron chi connectivity index (χ3n) is 4.05. The number of nitrogens with two attached hydrogens (primary N) is 1. The van der Waals surface area contributed by atoms with Crippen LogP contribution in [-0.2, 0) is 0 Å². The molecule has 114 valence electrons. The smallest absolute Gasteiger partial charge is 0.0505 e. The van der Waals surface area contributed by atoms with Crippen molar-refractivity contribution in [3.05, 3.63) is 22.4 Å². The molecule has 1 aromatic heterocycles. The summed E-state index contributed by atoms with van der Waals surface area (Å²) < 4.78 is 0. The van der Waals surface area contributed by atoms with Gasteiger partial charge in [0.15, 0.2) is 0 Å². The van der Waals surface area contributed by atoms with Crippen LogP contribution in [-0.4, -0.2) is 74.1 Å². The molecule has 1 aliphatic rings. The van der Waals surface area contributed by atoms with Gasteiger partial charge in [0.05, 0.1) is 6.04 Å². The standard InChI is InChI=1S/C15H28N4S/c1-13(16)15(14-4-11-20-12-14)19-9-7-18(8-10-19)6-5-17(2)3/h4,11-13,15H,5-10,16H2,1-3H3. The van der Waals surface area contributed by atoms with Gasteiger partial charge in [-0.25, -0.2) is 0 Å². The number of nitrogens with zero attached hydrogens (tertiary/aromatic N) is 3. The Balaban J connectivity index is 1.88. The third kappa shape index (κ3) is 4.27. The lowest BCUT2D eigenvalue weighted by atomic mass is 10.0. The lowest BCUT2D eigenvalue weighted by Crippen LogP contribution is -2.51. The molecule has 4 nitrogen and oxygen atoms in total. The van der Waals surface area contributed by atoms with Crippen LogP contribution in [0.4, 0.5) is 0 Å². The molecule has 2 atom stereocenters. The predicted octanol–water partition coefficient (Wildman–Crippen LogP) is 1.32. The van der Waals surface area contributed by atoms with Crippen LogP contribution in [0.2, 0.25) is 0 Å². The van der Waals surface area contributed by atoms with E-state index in [0.29, 0.717) is 6.04 Å². The molecule has 2 rings (SSSR count). The highest BCUT2D eigenvalue weighted by Gasteiger charge is 2.27. The van der Waals surface area contributed by atoms with Gasteiger partial charge in [-0.05, 0) is 43.4 Å². The van der Waals surface area contributed by atoms with E-state index in [9.17, 15) is 0 Å². The van der Waals surface area contributed by atoms with Crippen LogP contribution in [0, 0.1) is 0 Å². The fourth-order valence-electron chi connectivity index (χ4n) is 2.90. The Hall–Kier alpha value is -0.460. The second-order valence-corrected chi connectivity index (χ2v) is 6.82. The van der Waals surface area contributed by atoms with Gasteiger partial charge in [-0.15, -0.1) is 0 Å². The summed E-state index contributed by atoms with van der Waals surface area (Å²) in [6.07, 6.45) is 0. The van der Waals surface area contributed by atoms with Crippen molar-refractivity contribution in [3.63, 3.8) is 0 Å². The van der Waals surface area contributed by atoms with E-state index in [0.717, 1.165) is 32.7 Å². The Morgan fingerprint density at radius 1 is 1.30 bits per heavy atom. The highest BCUT2D eigenvalue weighted by atomic mass is 32.1. The van der Waals surface area contributed by atoms with Crippen molar-refractivity contribution in [2.24, 2.45) is 5.73 Å². The zero-order valence-corrected chi connectivity index (χ0v) is 13.8. The van der Waals surface area contributed by atoms with Crippen molar-refractivity contribution in [3.8, 4) is 0 Å². The van der Waals surface area contributed by atoms with E-state index in [1.165, 1.54) is 12.1 Å². The fourth-order valence-corrected chi connectivity index (χ4v) is 3.59. The van der Waals surface area contributed by atoms with Gasteiger partial charge >= 0.3 is 0 Å². The number of hydrogen-bond donors (Lipinski definition) is 1. The minimum atomic E-state index is 0.179. The fraction of sp³-hybridized carbons (Fsp3) is 0.733. The molecule has 0 aromatic carbocycles. The predicted molar refractivity (Wildman–Crippen MR) is 87.3 cm³/mol. The molecule has 1 aromatic rings. The van der Waals surface area contributed by atoms with Gasteiger partial charge in [0.1, 0.15) is 0 Å². The molecular weight excluding hydrogens is 268 g/mol. The molecule has 2 N–H and O–H groups in total. The Bertz CT molecular complexity index is 369. The Labute approximate surface area is 127 Å². The Morgan fingerprint density at radius 3 is 2.50 bits per heavy atom. The molecule has 20 heavy (non-hydrogen) atoms. The number of piperazine rings is 1. The first-order valence-corrected chi connectivity index (χ1v) is 8.41. The van der Waals surface area contributed by atoms with Crippen molar-refractivity contribution in [2.75, 3.05) is 53.4 Å². The second kappa shape index (κ2) is 7.52. The van der Waals surface area contributed by atoms with Crippen molar-refractivity contribution < 1.29 is 0 Å². The lowest BCUT2D eigenvalue weighted by Gasteiger charge is -2.41. The molecule has 0 spiro atoms. The molecule has 1 aliphatic heterocycles.